The fourth-order valence-electron chi connectivity index (χ4n) is 2.09. The largest absolute Gasteiger partial charge is 0.305 e. The van der Waals surface area contributed by atoms with Crippen LogP contribution in [0.3, 0.4) is 0 Å². The van der Waals surface area contributed by atoms with Gasteiger partial charge in [0.15, 0.2) is 5.82 Å². The normalized spacial score (nSPS) is 10.6. The van der Waals surface area contributed by atoms with Crippen molar-refractivity contribution in [2.45, 2.75) is 6.92 Å². The summed E-state index contributed by atoms with van der Waals surface area (Å²) in [4.78, 5) is 12.3. The van der Waals surface area contributed by atoms with E-state index in [2.05, 4.69) is 15.5 Å². The van der Waals surface area contributed by atoms with Gasteiger partial charge in [0.05, 0.1) is 0 Å². The molecular formula is C15H13N3O. The van der Waals surface area contributed by atoms with E-state index in [1.807, 2.05) is 49.4 Å². The number of nitrogens with one attached hydrogen (secondary N) is 2. The highest BCUT2D eigenvalue weighted by molar-refractivity contribution is 6.12. The Bertz CT molecular complexity index is 740. The first-order valence-electron chi connectivity index (χ1n) is 6.05. The van der Waals surface area contributed by atoms with E-state index in [1.165, 1.54) is 0 Å². The van der Waals surface area contributed by atoms with Gasteiger partial charge < -0.3 is 5.32 Å². The van der Waals surface area contributed by atoms with Crippen LogP contribution in [0.1, 0.15) is 16.1 Å². The number of aromatic nitrogens is 2. The van der Waals surface area contributed by atoms with E-state index < -0.39 is 0 Å². The molecule has 4 nitrogen and oxygen atoms in total. The van der Waals surface area contributed by atoms with E-state index in [-0.39, 0.29) is 5.91 Å². The average Bonchev–Trinajstić information content (AvgIpc) is 2.83. The van der Waals surface area contributed by atoms with Crippen LogP contribution in [0.2, 0.25) is 0 Å². The summed E-state index contributed by atoms with van der Waals surface area (Å²) in [5, 5.41) is 11.6. The Morgan fingerprint density at radius 1 is 1.16 bits per heavy atom. The van der Waals surface area contributed by atoms with Gasteiger partial charge in [0.25, 0.3) is 5.91 Å². The highest BCUT2D eigenvalue weighted by atomic mass is 16.1. The monoisotopic (exact) mass is 251 g/mol. The van der Waals surface area contributed by atoms with E-state index in [9.17, 15) is 4.79 Å². The first-order chi connectivity index (χ1) is 9.24. The number of hydrogen-bond acceptors (Lipinski definition) is 2. The summed E-state index contributed by atoms with van der Waals surface area (Å²) in [5.74, 6) is 0.388. The van der Waals surface area contributed by atoms with E-state index in [1.54, 1.807) is 6.07 Å². The van der Waals surface area contributed by atoms with Crippen LogP contribution in [0.4, 0.5) is 5.82 Å². The van der Waals surface area contributed by atoms with E-state index >= 15 is 0 Å². The van der Waals surface area contributed by atoms with Crippen LogP contribution in [0, 0.1) is 6.92 Å². The standard InChI is InChI=1S/C15H13N3O/c1-10-9-14(18-17-10)16-15(19)13-8-4-6-11-5-2-3-7-12(11)13/h2-9H,1H3,(H2,16,17,18,19). The zero-order valence-corrected chi connectivity index (χ0v) is 10.5. The van der Waals surface area contributed by atoms with Crippen molar-refractivity contribution in [3.05, 3.63) is 59.8 Å². The lowest BCUT2D eigenvalue weighted by molar-refractivity contribution is 0.102. The van der Waals surface area contributed by atoms with Crippen LogP contribution in [-0.2, 0) is 0 Å². The Morgan fingerprint density at radius 3 is 2.74 bits per heavy atom. The molecule has 0 aliphatic rings. The molecule has 1 amide bonds. The third kappa shape index (κ3) is 2.20. The molecule has 0 saturated carbocycles. The number of nitrogens with zero attached hydrogens (tertiary/aromatic N) is 1. The summed E-state index contributed by atoms with van der Waals surface area (Å²) in [6.45, 7) is 1.89. The molecule has 0 atom stereocenters. The predicted octanol–water partition coefficient (Wildman–Crippen LogP) is 3.12. The lowest BCUT2D eigenvalue weighted by atomic mass is 10.0. The van der Waals surface area contributed by atoms with Gasteiger partial charge in [-0.3, -0.25) is 9.89 Å². The molecular weight excluding hydrogens is 238 g/mol. The van der Waals surface area contributed by atoms with Crippen LogP contribution in [0.25, 0.3) is 10.8 Å². The number of carbonyl (C=O) groups is 1. The number of fused-ring (bicyclic) bond motifs is 1. The van der Waals surface area contributed by atoms with Crippen LogP contribution < -0.4 is 5.32 Å². The van der Waals surface area contributed by atoms with E-state index in [0.29, 0.717) is 11.4 Å². The molecule has 0 aliphatic heterocycles. The van der Waals surface area contributed by atoms with Gasteiger partial charge in [0.1, 0.15) is 0 Å². The molecule has 2 aromatic carbocycles. The molecule has 2 N–H and O–H groups in total. The third-order valence-corrected chi connectivity index (χ3v) is 2.98. The quantitative estimate of drug-likeness (QED) is 0.735. The molecule has 0 spiro atoms. The van der Waals surface area contributed by atoms with Gasteiger partial charge in [-0.25, -0.2) is 0 Å². The summed E-state index contributed by atoms with van der Waals surface area (Å²) in [6, 6.07) is 15.3. The Kier molecular flexibility index (Phi) is 2.76. The number of aromatic amines is 1. The van der Waals surface area contributed by atoms with Crippen LogP contribution in [0.5, 0.6) is 0 Å². The Labute approximate surface area is 110 Å². The van der Waals surface area contributed by atoms with Crippen LogP contribution >= 0.6 is 0 Å². The molecule has 4 heteroatoms. The zero-order valence-electron chi connectivity index (χ0n) is 10.5. The molecule has 0 aliphatic carbocycles. The van der Waals surface area contributed by atoms with Crippen LogP contribution in [0.15, 0.2) is 48.5 Å². The van der Waals surface area contributed by atoms with Crippen molar-refractivity contribution in [2.24, 2.45) is 0 Å². The maximum absolute atomic E-state index is 12.3. The number of aryl methyl sites for hydroxylation is 1. The second kappa shape index (κ2) is 4.57. The number of anilines is 1. The van der Waals surface area contributed by atoms with Gasteiger partial charge in [0, 0.05) is 17.3 Å². The topological polar surface area (TPSA) is 57.8 Å². The lowest BCUT2D eigenvalue weighted by Gasteiger charge is -2.05. The first-order valence-corrected chi connectivity index (χ1v) is 6.05. The van der Waals surface area contributed by atoms with Crippen molar-refractivity contribution in [2.75, 3.05) is 5.32 Å². The maximum Gasteiger partial charge on any atom is 0.257 e. The summed E-state index contributed by atoms with van der Waals surface area (Å²) in [5.41, 5.74) is 1.56. The molecule has 3 aromatic rings. The Hall–Kier alpha value is -2.62. The molecule has 0 bridgehead atoms. The second-order valence-electron chi connectivity index (χ2n) is 4.42. The van der Waals surface area contributed by atoms with Crippen molar-refractivity contribution in [3.63, 3.8) is 0 Å². The summed E-state index contributed by atoms with van der Waals surface area (Å²) >= 11 is 0. The third-order valence-electron chi connectivity index (χ3n) is 2.98. The highest BCUT2D eigenvalue weighted by Gasteiger charge is 2.10. The van der Waals surface area contributed by atoms with Crippen molar-refractivity contribution >= 4 is 22.5 Å². The minimum Gasteiger partial charge on any atom is -0.305 e. The molecule has 94 valence electrons. The molecule has 19 heavy (non-hydrogen) atoms. The number of carbonyl (C=O) groups excluding carboxylic acids is 1. The van der Waals surface area contributed by atoms with Gasteiger partial charge in [-0.15, -0.1) is 0 Å². The average molecular weight is 251 g/mol. The summed E-state index contributed by atoms with van der Waals surface area (Å²) in [7, 11) is 0. The number of hydrogen-bond donors (Lipinski definition) is 2. The zero-order chi connectivity index (χ0) is 13.2. The molecule has 0 radical (unpaired) electrons. The summed E-state index contributed by atoms with van der Waals surface area (Å²) in [6.07, 6.45) is 0. The smallest absolute Gasteiger partial charge is 0.257 e. The Morgan fingerprint density at radius 2 is 1.95 bits per heavy atom. The predicted molar refractivity (Wildman–Crippen MR) is 75.2 cm³/mol. The van der Waals surface area contributed by atoms with Crippen LogP contribution in [-0.4, -0.2) is 16.1 Å². The summed E-state index contributed by atoms with van der Waals surface area (Å²) < 4.78 is 0. The molecule has 0 unspecified atom stereocenters. The second-order valence-corrected chi connectivity index (χ2v) is 4.42. The van der Waals surface area contributed by atoms with E-state index in [4.69, 9.17) is 0 Å². The van der Waals surface area contributed by atoms with Gasteiger partial charge in [-0.05, 0) is 23.8 Å². The molecule has 1 heterocycles. The Balaban J connectivity index is 1.97. The van der Waals surface area contributed by atoms with Gasteiger partial charge in [-0.2, -0.15) is 5.10 Å². The van der Waals surface area contributed by atoms with Gasteiger partial charge >= 0.3 is 0 Å². The maximum atomic E-state index is 12.3. The van der Waals surface area contributed by atoms with Crippen molar-refractivity contribution in [1.82, 2.24) is 10.2 Å². The highest BCUT2D eigenvalue weighted by Crippen LogP contribution is 2.19. The number of benzene rings is 2. The van der Waals surface area contributed by atoms with Crippen molar-refractivity contribution < 1.29 is 4.79 Å². The fourth-order valence-corrected chi connectivity index (χ4v) is 2.09. The minimum atomic E-state index is -0.150. The minimum absolute atomic E-state index is 0.150. The SMILES string of the molecule is Cc1cc(NC(=O)c2cccc3ccccc23)n[nH]1. The van der Waals surface area contributed by atoms with Crippen molar-refractivity contribution in [1.29, 1.82) is 0 Å². The molecule has 3 rings (SSSR count). The van der Waals surface area contributed by atoms with Crippen molar-refractivity contribution in [3.8, 4) is 0 Å². The fraction of sp³-hybridized carbons (Fsp3) is 0.0667. The van der Waals surface area contributed by atoms with Gasteiger partial charge in [-0.1, -0.05) is 36.4 Å². The number of rotatable bonds is 2. The number of amides is 1. The molecule has 1 aromatic heterocycles. The molecule has 0 saturated heterocycles. The number of H-pyrrole nitrogens is 1. The van der Waals surface area contributed by atoms with Gasteiger partial charge in [0.2, 0.25) is 0 Å². The lowest BCUT2D eigenvalue weighted by Crippen LogP contribution is -2.12. The van der Waals surface area contributed by atoms with E-state index in [0.717, 1.165) is 16.5 Å². The molecule has 0 fully saturated rings. The first kappa shape index (κ1) is 11.5.